The zero-order valence-electron chi connectivity index (χ0n) is 18.5. The Hall–Kier alpha value is -3.15. The first-order valence-electron chi connectivity index (χ1n) is 10.9. The topological polar surface area (TPSA) is 78.5 Å². The average molecular weight is 422 g/mol. The molecule has 3 amide bonds. The van der Waals surface area contributed by atoms with E-state index in [4.69, 9.17) is 0 Å². The van der Waals surface area contributed by atoms with Gasteiger partial charge in [-0.25, -0.2) is 0 Å². The number of nitrogens with one attached hydrogen (secondary N) is 2. The van der Waals surface area contributed by atoms with Crippen molar-refractivity contribution < 1.29 is 14.4 Å². The van der Waals surface area contributed by atoms with E-state index in [0.717, 1.165) is 18.4 Å². The maximum atomic E-state index is 12.9. The minimum atomic E-state index is -0.189. The molecule has 0 spiro atoms. The van der Waals surface area contributed by atoms with Gasteiger partial charge >= 0.3 is 0 Å². The van der Waals surface area contributed by atoms with Crippen LogP contribution in [0.1, 0.15) is 53.0 Å². The number of hydrogen-bond donors (Lipinski definition) is 2. The predicted molar refractivity (Wildman–Crippen MR) is 122 cm³/mol. The summed E-state index contributed by atoms with van der Waals surface area (Å²) in [6, 6.07) is 14.3. The fraction of sp³-hybridized carbons (Fsp3) is 0.400. The van der Waals surface area contributed by atoms with Gasteiger partial charge in [0, 0.05) is 36.4 Å². The molecule has 2 aromatic carbocycles. The van der Waals surface area contributed by atoms with Crippen molar-refractivity contribution in [3.63, 3.8) is 0 Å². The zero-order valence-corrected chi connectivity index (χ0v) is 18.5. The van der Waals surface area contributed by atoms with E-state index < -0.39 is 0 Å². The molecule has 2 N–H and O–H groups in total. The molecule has 31 heavy (non-hydrogen) atoms. The Balaban J connectivity index is 1.58. The first kappa shape index (κ1) is 22.5. The summed E-state index contributed by atoms with van der Waals surface area (Å²) < 4.78 is 0. The fourth-order valence-electron chi connectivity index (χ4n) is 3.61. The minimum absolute atomic E-state index is 0.0281. The number of benzene rings is 2. The van der Waals surface area contributed by atoms with E-state index in [2.05, 4.69) is 24.5 Å². The lowest BCUT2D eigenvalue weighted by Crippen LogP contribution is -2.46. The largest absolute Gasteiger partial charge is 0.356 e. The molecule has 0 saturated carbocycles. The van der Waals surface area contributed by atoms with Crippen LogP contribution in [0.3, 0.4) is 0 Å². The summed E-state index contributed by atoms with van der Waals surface area (Å²) in [6.45, 7) is 7.83. The number of anilines is 1. The lowest BCUT2D eigenvalue weighted by Gasteiger charge is -2.32. The van der Waals surface area contributed by atoms with Gasteiger partial charge in [-0.1, -0.05) is 31.5 Å². The van der Waals surface area contributed by atoms with Gasteiger partial charge in [0.2, 0.25) is 5.91 Å². The van der Waals surface area contributed by atoms with E-state index in [-0.39, 0.29) is 23.6 Å². The Kier molecular flexibility index (Phi) is 7.45. The van der Waals surface area contributed by atoms with Crippen molar-refractivity contribution >= 4 is 23.4 Å². The van der Waals surface area contributed by atoms with Gasteiger partial charge in [-0.3, -0.25) is 14.4 Å². The Labute approximate surface area is 184 Å². The summed E-state index contributed by atoms with van der Waals surface area (Å²) in [5.41, 5.74) is 2.86. The summed E-state index contributed by atoms with van der Waals surface area (Å²) in [5, 5.41) is 5.83. The van der Waals surface area contributed by atoms with E-state index in [1.807, 2.05) is 19.1 Å². The van der Waals surface area contributed by atoms with Crippen LogP contribution < -0.4 is 10.6 Å². The van der Waals surface area contributed by atoms with Crippen LogP contribution in [0.5, 0.6) is 0 Å². The van der Waals surface area contributed by atoms with Crippen molar-refractivity contribution in [2.45, 2.75) is 33.6 Å². The number of aryl methyl sites for hydroxylation is 1. The van der Waals surface area contributed by atoms with Crippen LogP contribution in [0.4, 0.5) is 5.69 Å². The standard InChI is InChI=1S/C25H31N3O3/c1-17(2)15-26-23(29)21-5-4-14-28(16-21)25(31)20-10-12-22(13-11-20)27-24(30)19-8-6-18(3)7-9-19/h6-13,17,21H,4-5,14-16H2,1-3H3,(H,26,29)(H,27,30)/t21-/m1/s1. The van der Waals surface area contributed by atoms with Gasteiger partial charge in [0.1, 0.15) is 0 Å². The molecule has 0 unspecified atom stereocenters. The second kappa shape index (κ2) is 10.2. The Morgan fingerprint density at radius 1 is 1.00 bits per heavy atom. The molecule has 0 radical (unpaired) electrons. The van der Waals surface area contributed by atoms with Crippen LogP contribution in [-0.2, 0) is 4.79 Å². The molecule has 1 atom stereocenters. The predicted octanol–water partition coefficient (Wildman–Crippen LogP) is 3.87. The molecule has 6 nitrogen and oxygen atoms in total. The molecule has 1 aliphatic heterocycles. The second-order valence-corrected chi connectivity index (χ2v) is 8.63. The number of carbonyl (C=O) groups excluding carboxylic acids is 3. The number of nitrogens with zero attached hydrogens (tertiary/aromatic N) is 1. The van der Waals surface area contributed by atoms with Crippen LogP contribution in [0.25, 0.3) is 0 Å². The number of likely N-dealkylation sites (tertiary alicyclic amines) is 1. The quantitative estimate of drug-likeness (QED) is 0.743. The van der Waals surface area contributed by atoms with E-state index in [1.54, 1.807) is 41.3 Å². The van der Waals surface area contributed by atoms with Crippen molar-refractivity contribution in [1.82, 2.24) is 10.2 Å². The van der Waals surface area contributed by atoms with Crippen molar-refractivity contribution in [2.24, 2.45) is 11.8 Å². The van der Waals surface area contributed by atoms with Crippen LogP contribution in [0.2, 0.25) is 0 Å². The molecule has 2 aromatic rings. The Morgan fingerprint density at radius 3 is 2.29 bits per heavy atom. The van der Waals surface area contributed by atoms with E-state index >= 15 is 0 Å². The molecular weight excluding hydrogens is 390 g/mol. The number of piperidine rings is 1. The van der Waals surface area contributed by atoms with E-state index in [1.165, 1.54) is 0 Å². The van der Waals surface area contributed by atoms with Crippen LogP contribution in [-0.4, -0.2) is 42.3 Å². The van der Waals surface area contributed by atoms with Crippen molar-refractivity contribution in [3.8, 4) is 0 Å². The zero-order chi connectivity index (χ0) is 22.4. The van der Waals surface area contributed by atoms with Crippen LogP contribution in [0.15, 0.2) is 48.5 Å². The minimum Gasteiger partial charge on any atom is -0.356 e. The molecule has 164 valence electrons. The number of amides is 3. The number of rotatable bonds is 6. The highest BCUT2D eigenvalue weighted by atomic mass is 16.2. The number of carbonyl (C=O) groups is 3. The summed E-state index contributed by atoms with van der Waals surface area (Å²) >= 11 is 0. The van der Waals surface area contributed by atoms with Crippen molar-refractivity contribution in [2.75, 3.05) is 25.0 Å². The van der Waals surface area contributed by atoms with Gasteiger partial charge in [-0.2, -0.15) is 0 Å². The molecule has 1 fully saturated rings. The lowest BCUT2D eigenvalue weighted by molar-refractivity contribution is -0.126. The highest BCUT2D eigenvalue weighted by molar-refractivity contribution is 6.04. The highest BCUT2D eigenvalue weighted by Gasteiger charge is 2.28. The second-order valence-electron chi connectivity index (χ2n) is 8.63. The molecular formula is C25H31N3O3. The van der Waals surface area contributed by atoms with Crippen molar-refractivity contribution in [3.05, 3.63) is 65.2 Å². The Morgan fingerprint density at radius 2 is 1.65 bits per heavy atom. The Bertz CT molecular complexity index is 920. The average Bonchev–Trinajstić information content (AvgIpc) is 2.78. The smallest absolute Gasteiger partial charge is 0.255 e. The number of hydrogen-bond acceptors (Lipinski definition) is 3. The SMILES string of the molecule is Cc1ccc(C(=O)Nc2ccc(C(=O)N3CCC[C@@H](C(=O)NCC(C)C)C3)cc2)cc1. The maximum absolute atomic E-state index is 12.9. The fourth-order valence-corrected chi connectivity index (χ4v) is 3.61. The molecule has 3 rings (SSSR count). The maximum Gasteiger partial charge on any atom is 0.255 e. The highest BCUT2D eigenvalue weighted by Crippen LogP contribution is 2.20. The molecule has 1 aliphatic rings. The van der Waals surface area contributed by atoms with Gasteiger partial charge in [-0.05, 0) is 62.1 Å². The third-order valence-electron chi connectivity index (χ3n) is 5.47. The lowest BCUT2D eigenvalue weighted by atomic mass is 9.96. The van der Waals surface area contributed by atoms with E-state index in [0.29, 0.717) is 42.4 Å². The molecule has 6 heteroatoms. The monoisotopic (exact) mass is 421 g/mol. The van der Waals surface area contributed by atoms with Crippen LogP contribution >= 0.6 is 0 Å². The molecule has 0 aromatic heterocycles. The molecule has 0 aliphatic carbocycles. The van der Waals surface area contributed by atoms with Gasteiger partial charge in [0.05, 0.1) is 5.92 Å². The van der Waals surface area contributed by atoms with Gasteiger partial charge in [0.25, 0.3) is 11.8 Å². The normalized spacial score (nSPS) is 16.1. The van der Waals surface area contributed by atoms with Gasteiger partial charge in [-0.15, -0.1) is 0 Å². The summed E-state index contributed by atoms with van der Waals surface area (Å²) in [6.07, 6.45) is 1.62. The van der Waals surface area contributed by atoms with Gasteiger partial charge in [0.15, 0.2) is 0 Å². The van der Waals surface area contributed by atoms with Gasteiger partial charge < -0.3 is 15.5 Å². The summed E-state index contributed by atoms with van der Waals surface area (Å²) in [4.78, 5) is 39.4. The first-order chi connectivity index (χ1) is 14.8. The molecule has 1 heterocycles. The van der Waals surface area contributed by atoms with E-state index in [9.17, 15) is 14.4 Å². The van der Waals surface area contributed by atoms with Crippen molar-refractivity contribution in [1.29, 1.82) is 0 Å². The molecule has 1 saturated heterocycles. The molecule has 0 bridgehead atoms. The summed E-state index contributed by atoms with van der Waals surface area (Å²) in [5.74, 6) is -0.0108. The third-order valence-corrected chi connectivity index (χ3v) is 5.47. The third kappa shape index (κ3) is 6.17. The summed E-state index contributed by atoms with van der Waals surface area (Å²) in [7, 11) is 0. The first-order valence-corrected chi connectivity index (χ1v) is 10.9. The van der Waals surface area contributed by atoms with Crippen LogP contribution in [0, 0.1) is 18.8 Å².